The van der Waals surface area contributed by atoms with E-state index in [4.69, 9.17) is 14.2 Å². The molecule has 0 spiro atoms. The number of benzene rings is 1. The Labute approximate surface area is 123 Å². The number of morpholine rings is 1. The highest BCUT2D eigenvalue weighted by molar-refractivity contribution is 5.33. The van der Waals surface area contributed by atoms with Gasteiger partial charge in [-0.25, -0.2) is 4.98 Å². The Morgan fingerprint density at radius 1 is 1.14 bits per heavy atom. The van der Waals surface area contributed by atoms with Crippen LogP contribution in [-0.4, -0.2) is 31.8 Å². The van der Waals surface area contributed by atoms with Gasteiger partial charge in [-0.2, -0.15) is 0 Å². The van der Waals surface area contributed by atoms with E-state index in [0.717, 1.165) is 30.3 Å². The summed E-state index contributed by atoms with van der Waals surface area (Å²) >= 11 is 0. The lowest BCUT2D eigenvalue weighted by Crippen LogP contribution is -2.33. The lowest BCUT2D eigenvalue weighted by molar-refractivity contribution is 0.0248. The summed E-state index contributed by atoms with van der Waals surface area (Å²) in [5.74, 6) is 2.08. The minimum absolute atomic E-state index is 0.0156. The van der Waals surface area contributed by atoms with Crippen molar-refractivity contribution in [2.75, 3.05) is 26.8 Å². The molecule has 0 saturated carbocycles. The molecule has 1 N–H and O–H groups in total. The quantitative estimate of drug-likeness (QED) is 0.936. The number of hydrogen-bond acceptors (Lipinski definition) is 5. The smallest absolute Gasteiger partial charge is 0.219 e. The molecule has 0 bridgehead atoms. The number of methoxy groups -OCH3 is 1. The molecular formula is C16H18N2O3. The molecule has 1 aliphatic heterocycles. The largest absolute Gasteiger partial charge is 0.497 e. The minimum atomic E-state index is -0.0156. The van der Waals surface area contributed by atoms with Crippen LogP contribution in [0.5, 0.6) is 17.4 Å². The van der Waals surface area contributed by atoms with Gasteiger partial charge < -0.3 is 19.5 Å². The van der Waals surface area contributed by atoms with E-state index in [2.05, 4.69) is 10.3 Å². The summed E-state index contributed by atoms with van der Waals surface area (Å²) in [4.78, 5) is 4.52. The van der Waals surface area contributed by atoms with Gasteiger partial charge in [0.2, 0.25) is 5.88 Å². The molecule has 1 saturated heterocycles. The average molecular weight is 286 g/mol. The van der Waals surface area contributed by atoms with Crippen molar-refractivity contribution < 1.29 is 14.2 Å². The molecule has 5 nitrogen and oxygen atoms in total. The fourth-order valence-electron chi connectivity index (χ4n) is 2.19. The molecule has 1 fully saturated rings. The fourth-order valence-corrected chi connectivity index (χ4v) is 2.19. The first kappa shape index (κ1) is 13.9. The van der Waals surface area contributed by atoms with Crippen molar-refractivity contribution in [2.45, 2.75) is 6.10 Å². The van der Waals surface area contributed by atoms with E-state index in [1.807, 2.05) is 42.5 Å². The van der Waals surface area contributed by atoms with Crippen LogP contribution < -0.4 is 14.8 Å². The highest BCUT2D eigenvalue weighted by Gasteiger charge is 2.17. The van der Waals surface area contributed by atoms with Crippen molar-refractivity contribution in [3.63, 3.8) is 0 Å². The number of aromatic nitrogens is 1. The molecular weight excluding hydrogens is 268 g/mol. The maximum Gasteiger partial charge on any atom is 0.219 e. The number of hydrogen-bond donors (Lipinski definition) is 1. The summed E-state index contributed by atoms with van der Waals surface area (Å²) in [5, 5.41) is 3.30. The van der Waals surface area contributed by atoms with E-state index in [1.165, 1.54) is 0 Å². The molecule has 1 aliphatic rings. The molecule has 1 atom stereocenters. The van der Waals surface area contributed by atoms with Crippen LogP contribution in [0.15, 0.2) is 42.5 Å². The zero-order valence-corrected chi connectivity index (χ0v) is 11.9. The van der Waals surface area contributed by atoms with Crippen LogP contribution >= 0.6 is 0 Å². The van der Waals surface area contributed by atoms with Gasteiger partial charge in [-0.05, 0) is 30.3 Å². The van der Waals surface area contributed by atoms with E-state index in [9.17, 15) is 0 Å². The molecule has 2 heterocycles. The van der Waals surface area contributed by atoms with Crippen LogP contribution in [0.1, 0.15) is 11.8 Å². The van der Waals surface area contributed by atoms with Crippen LogP contribution in [0.25, 0.3) is 0 Å². The standard InChI is InChI=1S/C16H18N2O3/c1-19-12-5-7-13(8-6-12)21-16-4-2-3-14(18-16)15-11-17-9-10-20-15/h2-8,15,17H,9-11H2,1H3/t15-/m1/s1. The Kier molecular flexibility index (Phi) is 4.33. The molecule has 1 aromatic carbocycles. The van der Waals surface area contributed by atoms with E-state index in [1.54, 1.807) is 7.11 Å². The monoisotopic (exact) mass is 286 g/mol. The summed E-state index contributed by atoms with van der Waals surface area (Å²) < 4.78 is 16.6. The maximum absolute atomic E-state index is 5.77. The fraction of sp³-hybridized carbons (Fsp3) is 0.312. The average Bonchev–Trinajstić information content (AvgIpc) is 2.57. The highest BCUT2D eigenvalue weighted by Crippen LogP contribution is 2.24. The molecule has 110 valence electrons. The first-order valence-electron chi connectivity index (χ1n) is 6.96. The topological polar surface area (TPSA) is 52.6 Å². The molecule has 0 radical (unpaired) electrons. The van der Waals surface area contributed by atoms with Crippen molar-refractivity contribution in [3.05, 3.63) is 48.2 Å². The molecule has 0 unspecified atom stereocenters. The third-order valence-corrected chi connectivity index (χ3v) is 3.28. The number of pyridine rings is 1. The molecule has 5 heteroatoms. The van der Waals surface area contributed by atoms with Gasteiger partial charge in [0.05, 0.1) is 19.4 Å². The van der Waals surface area contributed by atoms with Crippen molar-refractivity contribution >= 4 is 0 Å². The first-order valence-corrected chi connectivity index (χ1v) is 6.96. The predicted octanol–water partition coefficient (Wildman–Crippen LogP) is 2.54. The lowest BCUT2D eigenvalue weighted by atomic mass is 10.2. The third-order valence-electron chi connectivity index (χ3n) is 3.28. The summed E-state index contributed by atoms with van der Waals surface area (Å²) in [6.45, 7) is 2.37. The Morgan fingerprint density at radius 3 is 2.67 bits per heavy atom. The Bertz CT molecular complexity index is 580. The second kappa shape index (κ2) is 6.56. The number of nitrogens with zero attached hydrogens (tertiary/aromatic N) is 1. The summed E-state index contributed by atoms with van der Waals surface area (Å²) in [5.41, 5.74) is 0.883. The predicted molar refractivity (Wildman–Crippen MR) is 78.9 cm³/mol. The molecule has 1 aromatic heterocycles. The van der Waals surface area contributed by atoms with Crippen LogP contribution in [0.4, 0.5) is 0 Å². The van der Waals surface area contributed by atoms with E-state index < -0.39 is 0 Å². The van der Waals surface area contributed by atoms with Gasteiger partial charge in [0, 0.05) is 19.2 Å². The Hall–Kier alpha value is -2.11. The van der Waals surface area contributed by atoms with E-state index >= 15 is 0 Å². The minimum Gasteiger partial charge on any atom is -0.497 e. The maximum atomic E-state index is 5.77. The summed E-state index contributed by atoms with van der Waals surface area (Å²) in [6.07, 6.45) is -0.0156. The first-order chi connectivity index (χ1) is 10.3. The second-order valence-electron chi connectivity index (χ2n) is 4.74. The Morgan fingerprint density at radius 2 is 1.95 bits per heavy atom. The van der Waals surface area contributed by atoms with Crippen LogP contribution in [0, 0.1) is 0 Å². The SMILES string of the molecule is COc1ccc(Oc2cccc([C@H]3CNCCO3)n2)cc1. The van der Waals surface area contributed by atoms with Crippen molar-refractivity contribution in [1.29, 1.82) is 0 Å². The van der Waals surface area contributed by atoms with Gasteiger partial charge in [0.25, 0.3) is 0 Å². The molecule has 21 heavy (non-hydrogen) atoms. The van der Waals surface area contributed by atoms with E-state index in [-0.39, 0.29) is 6.10 Å². The molecule has 0 amide bonds. The zero-order chi connectivity index (χ0) is 14.5. The number of rotatable bonds is 4. The number of ether oxygens (including phenoxy) is 3. The summed E-state index contributed by atoms with van der Waals surface area (Å²) in [6, 6.07) is 13.1. The highest BCUT2D eigenvalue weighted by atomic mass is 16.5. The van der Waals surface area contributed by atoms with Gasteiger partial charge in [-0.1, -0.05) is 6.07 Å². The van der Waals surface area contributed by atoms with Crippen molar-refractivity contribution in [2.24, 2.45) is 0 Å². The molecule has 3 rings (SSSR count). The molecule has 0 aliphatic carbocycles. The zero-order valence-electron chi connectivity index (χ0n) is 11.9. The lowest BCUT2D eigenvalue weighted by Gasteiger charge is -2.23. The van der Waals surface area contributed by atoms with Crippen molar-refractivity contribution in [3.8, 4) is 17.4 Å². The Balaban J connectivity index is 1.72. The van der Waals surface area contributed by atoms with Crippen LogP contribution in [-0.2, 0) is 4.74 Å². The third kappa shape index (κ3) is 3.51. The van der Waals surface area contributed by atoms with Crippen LogP contribution in [0.3, 0.4) is 0 Å². The van der Waals surface area contributed by atoms with E-state index in [0.29, 0.717) is 12.5 Å². The molecule has 2 aromatic rings. The van der Waals surface area contributed by atoms with Gasteiger partial charge in [0.15, 0.2) is 0 Å². The second-order valence-corrected chi connectivity index (χ2v) is 4.74. The number of nitrogens with one attached hydrogen (secondary N) is 1. The van der Waals surface area contributed by atoms with Gasteiger partial charge in [-0.15, -0.1) is 0 Å². The van der Waals surface area contributed by atoms with Crippen LogP contribution in [0.2, 0.25) is 0 Å². The van der Waals surface area contributed by atoms with Gasteiger partial charge >= 0.3 is 0 Å². The normalized spacial score (nSPS) is 18.2. The van der Waals surface area contributed by atoms with Gasteiger partial charge in [-0.3, -0.25) is 0 Å². The van der Waals surface area contributed by atoms with Gasteiger partial charge in [0.1, 0.15) is 17.6 Å². The summed E-state index contributed by atoms with van der Waals surface area (Å²) in [7, 11) is 1.64. The van der Waals surface area contributed by atoms with Crippen molar-refractivity contribution in [1.82, 2.24) is 10.3 Å².